The molecule has 0 bridgehead atoms. The molecule has 94 valence electrons. The maximum absolute atomic E-state index is 14.0. The highest BCUT2D eigenvalue weighted by atomic mass is 35.5. The number of halogens is 2. The molecule has 1 aliphatic rings. The van der Waals surface area contributed by atoms with Crippen LogP contribution in [0.3, 0.4) is 0 Å². The summed E-state index contributed by atoms with van der Waals surface area (Å²) in [5.74, 6) is 0.506. The molecule has 0 spiro atoms. The van der Waals surface area contributed by atoms with Gasteiger partial charge in [0.1, 0.15) is 5.82 Å². The summed E-state index contributed by atoms with van der Waals surface area (Å²) >= 11 is 5.84. The second-order valence-corrected chi connectivity index (χ2v) is 5.24. The lowest BCUT2D eigenvalue weighted by atomic mass is 10.0. The van der Waals surface area contributed by atoms with Crippen molar-refractivity contribution in [1.29, 1.82) is 0 Å². The Balaban J connectivity index is 2.14. The summed E-state index contributed by atoms with van der Waals surface area (Å²) in [6.07, 6.45) is 4.65. The summed E-state index contributed by atoms with van der Waals surface area (Å²) in [6, 6.07) is 5.39. The average molecular weight is 256 g/mol. The van der Waals surface area contributed by atoms with E-state index in [9.17, 15) is 4.39 Å². The summed E-state index contributed by atoms with van der Waals surface area (Å²) in [6.45, 7) is 3.04. The third kappa shape index (κ3) is 3.43. The van der Waals surface area contributed by atoms with Crippen LogP contribution in [-0.4, -0.2) is 6.54 Å². The number of rotatable bonds is 6. The van der Waals surface area contributed by atoms with E-state index >= 15 is 0 Å². The molecule has 1 atom stereocenters. The normalized spacial score (nSPS) is 17.1. The van der Waals surface area contributed by atoms with Crippen molar-refractivity contribution < 1.29 is 4.39 Å². The van der Waals surface area contributed by atoms with Crippen molar-refractivity contribution in [2.45, 2.75) is 38.6 Å². The summed E-state index contributed by atoms with van der Waals surface area (Å²) in [7, 11) is 0. The molecule has 3 heteroatoms. The first-order valence-electron chi connectivity index (χ1n) is 6.39. The van der Waals surface area contributed by atoms with E-state index in [1.54, 1.807) is 6.07 Å². The number of hydrogen-bond acceptors (Lipinski definition) is 1. The van der Waals surface area contributed by atoms with Crippen molar-refractivity contribution in [3.63, 3.8) is 0 Å². The van der Waals surface area contributed by atoms with Crippen LogP contribution in [0.15, 0.2) is 18.2 Å². The Kier molecular flexibility index (Phi) is 4.41. The van der Waals surface area contributed by atoms with Crippen molar-refractivity contribution >= 4 is 11.6 Å². The molecule has 1 nitrogen and oxygen atoms in total. The molecule has 0 amide bonds. The topological polar surface area (TPSA) is 12.0 Å². The molecule has 0 heterocycles. The van der Waals surface area contributed by atoms with Crippen molar-refractivity contribution in [3.8, 4) is 0 Å². The van der Waals surface area contributed by atoms with Crippen LogP contribution < -0.4 is 5.32 Å². The minimum atomic E-state index is -0.261. The summed E-state index contributed by atoms with van der Waals surface area (Å²) in [4.78, 5) is 0. The molecular weight excluding hydrogens is 237 g/mol. The van der Waals surface area contributed by atoms with Gasteiger partial charge in [-0.05, 0) is 31.4 Å². The largest absolute Gasteiger partial charge is 0.310 e. The Bertz CT molecular complexity index is 376. The molecule has 1 aromatic carbocycles. The average Bonchev–Trinajstić information content (AvgIpc) is 3.12. The molecule has 2 rings (SSSR count). The van der Waals surface area contributed by atoms with Gasteiger partial charge in [-0.3, -0.25) is 0 Å². The highest BCUT2D eigenvalue weighted by Gasteiger charge is 2.27. The summed E-state index contributed by atoms with van der Waals surface area (Å²) in [5.41, 5.74) is 0.720. The Hall–Kier alpha value is -0.600. The Morgan fingerprint density at radius 2 is 2.24 bits per heavy atom. The van der Waals surface area contributed by atoms with Gasteiger partial charge in [-0.1, -0.05) is 43.5 Å². The van der Waals surface area contributed by atoms with E-state index in [0.717, 1.165) is 30.9 Å². The van der Waals surface area contributed by atoms with Crippen molar-refractivity contribution in [1.82, 2.24) is 5.32 Å². The minimum Gasteiger partial charge on any atom is -0.310 e. The van der Waals surface area contributed by atoms with Crippen LogP contribution in [0.5, 0.6) is 0 Å². The molecule has 1 saturated carbocycles. The molecule has 1 unspecified atom stereocenters. The van der Waals surface area contributed by atoms with Crippen LogP contribution in [-0.2, 0) is 0 Å². The van der Waals surface area contributed by atoms with Crippen molar-refractivity contribution in [2.24, 2.45) is 5.92 Å². The first-order valence-corrected chi connectivity index (χ1v) is 6.77. The van der Waals surface area contributed by atoms with Crippen LogP contribution in [0.25, 0.3) is 0 Å². The van der Waals surface area contributed by atoms with Gasteiger partial charge < -0.3 is 5.32 Å². The maximum Gasteiger partial charge on any atom is 0.146 e. The van der Waals surface area contributed by atoms with Gasteiger partial charge in [-0.2, -0.15) is 0 Å². The lowest BCUT2D eigenvalue weighted by Crippen LogP contribution is -2.23. The Morgan fingerprint density at radius 1 is 1.47 bits per heavy atom. The predicted octanol–water partition coefficient (Wildman–Crippen LogP) is 4.32. The van der Waals surface area contributed by atoms with Gasteiger partial charge in [-0.25, -0.2) is 4.39 Å². The maximum atomic E-state index is 14.0. The van der Waals surface area contributed by atoms with Gasteiger partial charge >= 0.3 is 0 Å². The molecule has 1 aliphatic carbocycles. The zero-order chi connectivity index (χ0) is 12.3. The number of hydrogen-bond donors (Lipinski definition) is 1. The number of benzene rings is 1. The first kappa shape index (κ1) is 12.8. The van der Waals surface area contributed by atoms with Gasteiger partial charge in [0.15, 0.2) is 0 Å². The van der Waals surface area contributed by atoms with E-state index in [4.69, 9.17) is 11.6 Å². The van der Waals surface area contributed by atoms with Crippen LogP contribution in [0.4, 0.5) is 4.39 Å². The highest BCUT2D eigenvalue weighted by Crippen LogP contribution is 2.38. The van der Waals surface area contributed by atoms with E-state index in [2.05, 4.69) is 12.2 Å². The Morgan fingerprint density at radius 3 is 2.88 bits per heavy atom. The van der Waals surface area contributed by atoms with Crippen LogP contribution >= 0.6 is 11.6 Å². The van der Waals surface area contributed by atoms with Crippen LogP contribution in [0, 0.1) is 11.7 Å². The monoisotopic (exact) mass is 255 g/mol. The third-order valence-electron chi connectivity index (χ3n) is 3.26. The molecule has 17 heavy (non-hydrogen) atoms. The van der Waals surface area contributed by atoms with E-state index in [1.165, 1.54) is 12.8 Å². The van der Waals surface area contributed by atoms with Gasteiger partial charge in [0.05, 0.1) is 5.02 Å². The molecule has 0 radical (unpaired) electrons. The lowest BCUT2D eigenvalue weighted by Gasteiger charge is -2.19. The molecule has 1 N–H and O–H groups in total. The molecular formula is C14H19ClFN. The molecule has 1 aromatic rings. The quantitative estimate of drug-likeness (QED) is 0.798. The molecule has 1 fully saturated rings. The van der Waals surface area contributed by atoms with Crippen LogP contribution in [0.2, 0.25) is 5.02 Å². The van der Waals surface area contributed by atoms with E-state index in [1.807, 2.05) is 12.1 Å². The van der Waals surface area contributed by atoms with Crippen molar-refractivity contribution in [2.75, 3.05) is 6.54 Å². The smallest absolute Gasteiger partial charge is 0.146 e. The predicted molar refractivity (Wildman–Crippen MR) is 69.8 cm³/mol. The van der Waals surface area contributed by atoms with E-state index in [0.29, 0.717) is 0 Å². The highest BCUT2D eigenvalue weighted by molar-refractivity contribution is 6.30. The fourth-order valence-electron chi connectivity index (χ4n) is 2.12. The third-order valence-corrected chi connectivity index (χ3v) is 3.56. The van der Waals surface area contributed by atoms with Crippen LogP contribution in [0.1, 0.15) is 44.2 Å². The summed E-state index contributed by atoms with van der Waals surface area (Å²) < 4.78 is 14.0. The van der Waals surface area contributed by atoms with E-state index in [-0.39, 0.29) is 16.9 Å². The molecule has 0 saturated heterocycles. The van der Waals surface area contributed by atoms with Crippen molar-refractivity contribution in [3.05, 3.63) is 34.6 Å². The van der Waals surface area contributed by atoms with E-state index < -0.39 is 0 Å². The minimum absolute atomic E-state index is 0.112. The van der Waals surface area contributed by atoms with Gasteiger partial charge in [0.25, 0.3) is 0 Å². The Labute approximate surface area is 107 Å². The second kappa shape index (κ2) is 5.83. The van der Waals surface area contributed by atoms with Gasteiger partial charge in [0, 0.05) is 11.6 Å². The number of nitrogens with one attached hydrogen (secondary N) is 1. The SMILES string of the molecule is CCCNC(CC1CC1)c1cccc(Cl)c1F. The first-order chi connectivity index (χ1) is 8.22. The zero-order valence-electron chi connectivity index (χ0n) is 10.2. The lowest BCUT2D eigenvalue weighted by molar-refractivity contribution is 0.453. The summed E-state index contributed by atoms with van der Waals surface area (Å²) in [5, 5.41) is 3.65. The van der Waals surface area contributed by atoms with Gasteiger partial charge in [-0.15, -0.1) is 0 Å². The zero-order valence-corrected chi connectivity index (χ0v) is 10.9. The standard InChI is InChI=1S/C14H19ClFN/c1-2-8-17-13(9-10-6-7-10)11-4-3-5-12(15)14(11)16/h3-5,10,13,17H,2,6-9H2,1H3. The second-order valence-electron chi connectivity index (χ2n) is 4.83. The molecule has 0 aliphatic heterocycles. The molecule has 0 aromatic heterocycles. The fraction of sp³-hybridized carbons (Fsp3) is 0.571. The van der Waals surface area contributed by atoms with Gasteiger partial charge in [0.2, 0.25) is 0 Å². The fourth-order valence-corrected chi connectivity index (χ4v) is 2.30.